The Morgan fingerprint density at radius 1 is 1.67 bits per heavy atom. The van der Waals surface area contributed by atoms with Gasteiger partial charge in [-0.25, -0.2) is 0 Å². The SMILES string of the molecule is [CH2]CCC.[PH2][Pd]. The van der Waals surface area contributed by atoms with E-state index in [-0.39, 0.29) is 0 Å². The normalized spacial score (nSPS) is 6.17. The third kappa shape index (κ3) is 19.5. The molecule has 1 atom stereocenters. The van der Waals surface area contributed by atoms with E-state index in [0.29, 0.717) is 0 Å². The van der Waals surface area contributed by atoms with Crippen molar-refractivity contribution in [3.8, 4) is 0 Å². The van der Waals surface area contributed by atoms with E-state index in [0.717, 1.165) is 6.42 Å². The van der Waals surface area contributed by atoms with Gasteiger partial charge in [0, 0.05) is 0 Å². The van der Waals surface area contributed by atoms with E-state index in [1.54, 1.807) is 0 Å². The molecule has 0 aromatic carbocycles. The molecule has 0 bridgehead atoms. The van der Waals surface area contributed by atoms with Crippen LogP contribution in [0.5, 0.6) is 0 Å². The first-order valence-electron chi connectivity index (χ1n) is 1.89. The number of unbranched alkanes of at least 4 members (excludes halogenated alkanes) is 1. The van der Waals surface area contributed by atoms with Crippen LogP contribution in [-0.2, 0) is 18.7 Å². The molecule has 0 rings (SSSR count). The topological polar surface area (TPSA) is 0 Å². The maximum atomic E-state index is 3.60. The molecule has 0 saturated heterocycles. The van der Waals surface area contributed by atoms with E-state index in [1.807, 2.05) is 0 Å². The van der Waals surface area contributed by atoms with Gasteiger partial charge in [-0.3, -0.25) is 0 Å². The van der Waals surface area contributed by atoms with Gasteiger partial charge in [0.2, 0.25) is 0 Å². The molecular weight excluding hydrogens is 185 g/mol. The average Bonchev–Trinajstić information content (AvgIpc) is 1.72. The van der Waals surface area contributed by atoms with Crippen LogP contribution in [0.1, 0.15) is 19.8 Å². The predicted octanol–water partition coefficient (Wildman–Crippen LogP) is 1.94. The van der Waals surface area contributed by atoms with Gasteiger partial charge in [0.1, 0.15) is 0 Å². The molecule has 6 heavy (non-hydrogen) atoms. The van der Waals surface area contributed by atoms with Gasteiger partial charge in [-0.1, -0.05) is 26.7 Å². The summed E-state index contributed by atoms with van der Waals surface area (Å²) in [5.41, 5.74) is 0. The van der Waals surface area contributed by atoms with Gasteiger partial charge in [0.05, 0.1) is 0 Å². The van der Waals surface area contributed by atoms with Crippen molar-refractivity contribution >= 4 is 7.43 Å². The van der Waals surface area contributed by atoms with E-state index < -0.39 is 0 Å². The molecule has 2 heteroatoms. The maximum absolute atomic E-state index is 3.60. The molecule has 0 nitrogen and oxygen atoms in total. The van der Waals surface area contributed by atoms with E-state index in [1.165, 1.54) is 6.42 Å². The Balaban J connectivity index is 0. The summed E-state index contributed by atoms with van der Waals surface area (Å²) in [6, 6.07) is 0. The Hall–Kier alpha value is 1.09. The van der Waals surface area contributed by atoms with Gasteiger partial charge in [0.15, 0.2) is 0 Å². The molecule has 0 aromatic heterocycles. The Kier molecular flexibility index (Phi) is 28.0. The first-order valence-corrected chi connectivity index (χ1v) is 4.95. The molecule has 0 N–H and O–H groups in total. The van der Waals surface area contributed by atoms with Crippen molar-refractivity contribution in [3.05, 3.63) is 6.92 Å². The van der Waals surface area contributed by atoms with Crippen LogP contribution >= 0.6 is 7.43 Å². The van der Waals surface area contributed by atoms with Crippen LogP contribution in [0.3, 0.4) is 0 Å². The zero-order valence-electron chi connectivity index (χ0n) is 4.01. The summed E-state index contributed by atoms with van der Waals surface area (Å²) in [5.74, 6) is 0. The summed E-state index contributed by atoms with van der Waals surface area (Å²) in [6.45, 7) is 5.72. The number of rotatable bonds is 1. The summed E-state index contributed by atoms with van der Waals surface area (Å²) < 4.78 is 0. The third-order valence-electron chi connectivity index (χ3n) is 0.354. The van der Waals surface area contributed by atoms with Gasteiger partial charge < -0.3 is 0 Å². The second-order valence-electron chi connectivity index (χ2n) is 0.854. The van der Waals surface area contributed by atoms with Crippen molar-refractivity contribution in [2.24, 2.45) is 0 Å². The van der Waals surface area contributed by atoms with E-state index in [2.05, 4.69) is 40.0 Å². The molecule has 0 spiro atoms. The summed E-state index contributed by atoms with van der Waals surface area (Å²) in [7, 11) is 2.27. The Morgan fingerprint density at radius 2 is 1.83 bits per heavy atom. The molecule has 0 aliphatic heterocycles. The summed E-state index contributed by atoms with van der Waals surface area (Å²) in [6.07, 6.45) is 2.28. The average molecular weight is 197 g/mol. The van der Waals surface area contributed by atoms with Crippen LogP contribution in [0.2, 0.25) is 0 Å². The fourth-order valence-corrected chi connectivity index (χ4v) is 0. The molecule has 0 aromatic rings. The van der Waals surface area contributed by atoms with Crippen molar-refractivity contribution in [1.29, 1.82) is 0 Å². The molecule has 0 aliphatic rings. The number of hydrogen-bond acceptors (Lipinski definition) is 0. The van der Waals surface area contributed by atoms with E-state index in [9.17, 15) is 0 Å². The molecule has 0 heterocycles. The van der Waals surface area contributed by atoms with Crippen LogP contribution < -0.4 is 0 Å². The molecule has 42 valence electrons. The quantitative estimate of drug-likeness (QED) is 0.444. The van der Waals surface area contributed by atoms with Gasteiger partial charge in [0.25, 0.3) is 0 Å². The van der Waals surface area contributed by atoms with Crippen molar-refractivity contribution < 1.29 is 18.7 Å². The molecule has 0 amide bonds. The minimum absolute atomic E-state index is 1.07. The first-order chi connectivity index (χ1) is 2.91. The van der Waals surface area contributed by atoms with Gasteiger partial charge in [-0.2, -0.15) is 0 Å². The van der Waals surface area contributed by atoms with Crippen molar-refractivity contribution in [2.75, 3.05) is 0 Å². The zero-order valence-corrected chi connectivity index (χ0v) is 6.72. The van der Waals surface area contributed by atoms with Gasteiger partial charge in [-0.15, -0.1) is 0 Å². The second kappa shape index (κ2) is 16.5. The zero-order chi connectivity index (χ0) is 5.41. The summed E-state index contributed by atoms with van der Waals surface area (Å²) >= 11 is 2.67. The Morgan fingerprint density at radius 3 is 1.83 bits per heavy atom. The Bertz CT molecular complexity index is 9.51. The first kappa shape index (κ1) is 10.2. The Labute approximate surface area is 53.2 Å². The van der Waals surface area contributed by atoms with Crippen LogP contribution in [0.15, 0.2) is 0 Å². The van der Waals surface area contributed by atoms with E-state index >= 15 is 0 Å². The third-order valence-corrected chi connectivity index (χ3v) is 0.354. The summed E-state index contributed by atoms with van der Waals surface area (Å²) in [5, 5.41) is 0. The molecule has 0 fully saturated rings. The minimum atomic E-state index is 1.07. The fraction of sp³-hybridized carbons (Fsp3) is 0.750. The van der Waals surface area contributed by atoms with Crippen LogP contribution in [0.4, 0.5) is 0 Å². The standard InChI is InChI=1S/C4H9.H2P.Pd/c1-3-4-2;;/h1,3-4H2,2H3;1H2;/q;-1;+1. The molecule has 0 aliphatic carbocycles. The van der Waals surface area contributed by atoms with E-state index in [4.69, 9.17) is 0 Å². The van der Waals surface area contributed by atoms with Gasteiger partial charge in [-0.05, 0) is 0 Å². The molecule has 1 radical (unpaired) electrons. The van der Waals surface area contributed by atoms with Crippen LogP contribution in [-0.4, -0.2) is 0 Å². The number of hydrogen-bond donors (Lipinski definition) is 0. The second-order valence-corrected chi connectivity index (χ2v) is 0.854. The molecule has 0 saturated carbocycles. The van der Waals surface area contributed by atoms with Crippen molar-refractivity contribution in [2.45, 2.75) is 19.8 Å². The predicted molar refractivity (Wildman–Crippen MR) is 30.0 cm³/mol. The van der Waals surface area contributed by atoms with Crippen molar-refractivity contribution in [3.63, 3.8) is 0 Å². The van der Waals surface area contributed by atoms with Crippen LogP contribution in [0.25, 0.3) is 0 Å². The summed E-state index contributed by atoms with van der Waals surface area (Å²) in [4.78, 5) is 0. The van der Waals surface area contributed by atoms with Crippen LogP contribution in [0, 0.1) is 6.92 Å². The molecule has 1 unspecified atom stereocenters. The monoisotopic (exact) mass is 196 g/mol. The molecular formula is C4H11PPd. The van der Waals surface area contributed by atoms with Gasteiger partial charge >= 0.3 is 26.1 Å². The van der Waals surface area contributed by atoms with Crippen molar-refractivity contribution in [1.82, 2.24) is 0 Å². The fourth-order valence-electron chi connectivity index (χ4n) is 0.